The van der Waals surface area contributed by atoms with E-state index in [2.05, 4.69) is 10.6 Å². The van der Waals surface area contributed by atoms with Crippen LogP contribution in [0.3, 0.4) is 0 Å². The van der Waals surface area contributed by atoms with Crippen LogP contribution in [0.4, 0.5) is 4.79 Å². The van der Waals surface area contributed by atoms with E-state index in [0.717, 1.165) is 43.3 Å². The molecule has 1 amide bonds. The van der Waals surface area contributed by atoms with Crippen molar-refractivity contribution in [3.63, 3.8) is 0 Å². The Morgan fingerprint density at radius 3 is 2.55 bits per heavy atom. The monoisotopic (exact) mass is 274 g/mol. The second kappa shape index (κ2) is 5.83. The quantitative estimate of drug-likeness (QED) is 0.888. The van der Waals surface area contributed by atoms with E-state index in [9.17, 15) is 4.79 Å². The highest BCUT2D eigenvalue weighted by atomic mass is 16.5. The average Bonchev–Trinajstić information content (AvgIpc) is 2.99. The van der Waals surface area contributed by atoms with Crippen LogP contribution >= 0.6 is 0 Å². The largest absolute Gasteiger partial charge is 0.445 e. The van der Waals surface area contributed by atoms with E-state index in [0.29, 0.717) is 6.61 Å². The lowest BCUT2D eigenvalue weighted by molar-refractivity contribution is 0.135. The van der Waals surface area contributed by atoms with E-state index in [1.807, 2.05) is 31.2 Å². The summed E-state index contributed by atoms with van der Waals surface area (Å²) in [6, 6.07) is 8.34. The molecule has 3 rings (SSSR count). The van der Waals surface area contributed by atoms with Crippen LogP contribution in [0, 0.1) is 18.8 Å². The average molecular weight is 274 g/mol. The Kier molecular flexibility index (Phi) is 3.92. The Hall–Kier alpha value is -1.55. The molecule has 1 saturated heterocycles. The normalized spacial score (nSPS) is 28.1. The Bertz CT molecular complexity index is 460. The third kappa shape index (κ3) is 3.12. The number of aryl methyl sites for hydroxylation is 1. The number of carbonyl (C=O) groups excluding carboxylic acids is 1. The van der Waals surface area contributed by atoms with Gasteiger partial charge in [-0.25, -0.2) is 4.79 Å². The highest BCUT2D eigenvalue weighted by molar-refractivity contribution is 5.67. The lowest BCUT2D eigenvalue weighted by Gasteiger charge is -2.14. The number of carbonyl (C=O) groups is 1. The van der Waals surface area contributed by atoms with Crippen LogP contribution in [-0.4, -0.2) is 25.2 Å². The predicted octanol–water partition coefficient (Wildman–Crippen LogP) is 2.22. The van der Waals surface area contributed by atoms with Crippen molar-refractivity contribution >= 4 is 6.09 Å². The van der Waals surface area contributed by atoms with Gasteiger partial charge in [-0.1, -0.05) is 29.8 Å². The summed E-state index contributed by atoms with van der Waals surface area (Å²) in [6.07, 6.45) is 1.87. The smallest absolute Gasteiger partial charge is 0.407 e. The zero-order valence-electron chi connectivity index (χ0n) is 11.9. The van der Waals surface area contributed by atoms with Crippen molar-refractivity contribution in [2.24, 2.45) is 11.8 Å². The SMILES string of the molecule is Cc1ccc(COC(=O)NC2C[C@H]3CNC[C@H]3C2)cc1. The predicted molar refractivity (Wildman–Crippen MR) is 77.4 cm³/mol. The van der Waals surface area contributed by atoms with Crippen LogP contribution in [0.15, 0.2) is 24.3 Å². The number of alkyl carbamates (subject to hydrolysis) is 1. The van der Waals surface area contributed by atoms with Crippen molar-refractivity contribution in [1.29, 1.82) is 0 Å². The first-order valence-corrected chi connectivity index (χ1v) is 7.40. The molecule has 1 heterocycles. The van der Waals surface area contributed by atoms with E-state index in [4.69, 9.17) is 4.74 Å². The van der Waals surface area contributed by atoms with Gasteiger partial charge in [0.1, 0.15) is 6.61 Å². The summed E-state index contributed by atoms with van der Waals surface area (Å²) < 4.78 is 5.29. The highest BCUT2D eigenvalue weighted by Crippen LogP contribution is 2.34. The molecule has 0 spiro atoms. The maximum Gasteiger partial charge on any atom is 0.407 e. The van der Waals surface area contributed by atoms with Crippen molar-refractivity contribution in [2.45, 2.75) is 32.4 Å². The lowest BCUT2D eigenvalue weighted by atomic mass is 10.0. The first-order valence-electron chi connectivity index (χ1n) is 7.40. The molecule has 20 heavy (non-hydrogen) atoms. The van der Waals surface area contributed by atoms with E-state index in [1.165, 1.54) is 5.56 Å². The van der Waals surface area contributed by atoms with E-state index in [1.54, 1.807) is 0 Å². The molecule has 3 atom stereocenters. The van der Waals surface area contributed by atoms with Crippen molar-refractivity contribution < 1.29 is 9.53 Å². The van der Waals surface area contributed by atoms with Crippen LogP contribution in [0.2, 0.25) is 0 Å². The molecule has 2 fully saturated rings. The Balaban J connectivity index is 1.42. The fraction of sp³-hybridized carbons (Fsp3) is 0.562. The zero-order chi connectivity index (χ0) is 13.9. The molecular weight excluding hydrogens is 252 g/mol. The molecule has 1 aromatic rings. The minimum Gasteiger partial charge on any atom is -0.445 e. The van der Waals surface area contributed by atoms with Gasteiger partial charge in [0, 0.05) is 6.04 Å². The third-order valence-electron chi connectivity index (χ3n) is 4.47. The topological polar surface area (TPSA) is 50.4 Å². The number of ether oxygens (including phenoxy) is 1. The second-order valence-corrected chi connectivity index (χ2v) is 6.05. The van der Waals surface area contributed by atoms with Gasteiger partial charge in [-0.2, -0.15) is 0 Å². The molecular formula is C16H22N2O2. The molecule has 1 aliphatic carbocycles. The third-order valence-corrected chi connectivity index (χ3v) is 4.47. The first-order chi connectivity index (χ1) is 9.70. The first kappa shape index (κ1) is 13.4. The van der Waals surface area contributed by atoms with Gasteiger partial charge in [-0.05, 0) is 50.3 Å². The molecule has 1 aromatic carbocycles. The summed E-state index contributed by atoms with van der Waals surface area (Å²) in [5, 5.41) is 6.41. The van der Waals surface area contributed by atoms with Crippen molar-refractivity contribution in [3.8, 4) is 0 Å². The van der Waals surface area contributed by atoms with Gasteiger partial charge in [0.15, 0.2) is 0 Å². The molecule has 1 aliphatic heterocycles. The van der Waals surface area contributed by atoms with Gasteiger partial charge >= 0.3 is 6.09 Å². The number of hydrogen-bond donors (Lipinski definition) is 2. The Labute approximate surface area is 119 Å². The van der Waals surface area contributed by atoms with Gasteiger partial charge in [-0.15, -0.1) is 0 Å². The molecule has 0 aromatic heterocycles. The second-order valence-electron chi connectivity index (χ2n) is 6.05. The highest BCUT2D eigenvalue weighted by Gasteiger charge is 2.37. The summed E-state index contributed by atoms with van der Waals surface area (Å²) in [6.45, 7) is 4.58. The minimum atomic E-state index is -0.288. The van der Waals surface area contributed by atoms with Crippen LogP contribution < -0.4 is 10.6 Å². The molecule has 4 heteroatoms. The summed E-state index contributed by atoms with van der Waals surface area (Å²) in [4.78, 5) is 11.8. The van der Waals surface area contributed by atoms with Crippen molar-refractivity contribution in [2.75, 3.05) is 13.1 Å². The van der Waals surface area contributed by atoms with Gasteiger partial charge in [0.2, 0.25) is 0 Å². The van der Waals surface area contributed by atoms with E-state index >= 15 is 0 Å². The Morgan fingerprint density at radius 1 is 1.25 bits per heavy atom. The van der Waals surface area contributed by atoms with Gasteiger partial charge in [-0.3, -0.25) is 0 Å². The molecule has 4 nitrogen and oxygen atoms in total. The Morgan fingerprint density at radius 2 is 1.90 bits per heavy atom. The van der Waals surface area contributed by atoms with E-state index < -0.39 is 0 Å². The van der Waals surface area contributed by atoms with Gasteiger partial charge in [0.05, 0.1) is 0 Å². The van der Waals surface area contributed by atoms with E-state index in [-0.39, 0.29) is 12.1 Å². The van der Waals surface area contributed by atoms with Crippen LogP contribution in [0.25, 0.3) is 0 Å². The summed E-state index contributed by atoms with van der Waals surface area (Å²) in [7, 11) is 0. The standard InChI is InChI=1S/C16H22N2O2/c1-11-2-4-12(5-3-11)10-20-16(19)18-15-6-13-8-17-9-14(13)7-15/h2-5,13-15,17H,6-10H2,1H3,(H,18,19)/t13-,14+,15?. The molecule has 2 aliphatic rings. The van der Waals surface area contributed by atoms with Crippen LogP contribution in [0.5, 0.6) is 0 Å². The maximum absolute atomic E-state index is 11.8. The fourth-order valence-electron chi connectivity index (χ4n) is 3.33. The van der Waals surface area contributed by atoms with Gasteiger partial charge in [0.25, 0.3) is 0 Å². The van der Waals surface area contributed by atoms with Crippen LogP contribution in [0.1, 0.15) is 24.0 Å². The lowest BCUT2D eigenvalue weighted by Crippen LogP contribution is -2.34. The number of hydrogen-bond acceptors (Lipinski definition) is 3. The summed E-state index contributed by atoms with van der Waals surface area (Å²) in [5.74, 6) is 1.47. The number of benzene rings is 1. The van der Waals surface area contributed by atoms with Crippen molar-refractivity contribution in [1.82, 2.24) is 10.6 Å². The fourth-order valence-corrected chi connectivity index (χ4v) is 3.33. The summed E-state index contributed by atoms with van der Waals surface area (Å²) in [5.41, 5.74) is 2.24. The maximum atomic E-state index is 11.8. The molecule has 1 unspecified atom stereocenters. The number of fused-ring (bicyclic) bond motifs is 1. The summed E-state index contributed by atoms with van der Waals surface area (Å²) >= 11 is 0. The molecule has 2 N–H and O–H groups in total. The molecule has 0 bridgehead atoms. The molecule has 108 valence electrons. The van der Waals surface area contributed by atoms with Crippen LogP contribution in [-0.2, 0) is 11.3 Å². The number of rotatable bonds is 3. The van der Waals surface area contributed by atoms with Crippen molar-refractivity contribution in [3.05, 3.63) is 35.4 Å². The van der Waals surface area contributed by atoms with Gasteiger partial charge < -0.3 is 15.4 Å². The zero-order valence-corrected chi connectivity index (χ0v) is 11.9. The number of nitrogens with one attached hydrogen (secondary N) is 2. The minimum absolute atomic E-state index is 0.288. The molecule has 0 radical (unpaired) electrons. The molecule has 1 saturated carbocycles. The number of amides is 1.